The summed E-state index contributed by atoms with van der Waals surface area (Å²) in [7, 11) is 1.61. The van der Waals surface area contributed by atoms with Crippen molar-refractivity contribution in [3.63, 3.8) is 0 Å². The van der Waals surface area contributed by atoms with E-state index in [0.29, 0.717) is 17.9 Å². The Morgan fingerprint density at radius 2 is 1.86 bits per heavy atom. The molecule has 0 aromatic heterocycles. The summed E-state index contributed by atoms with van der Waals surface area (Å²) in [6.07, 6.45) is 8.04. The molecule has 0 spiro atoms. The number of hydrogen-bond acceptors (Lipinski definition) is 4. The molecule has 5 nitrogen and oxygen atoms in total. The summed E-state index contributed by atoms with van der Waals surface area (Å²) in [4.78, 5) is 17.7. The number of rotatable bonds is 7. The Hall–Kier alpha value is -1.30. The van der Waals surface area contributed by atoms with Gasteiger partial charge in [0.1, 0.15) is 5.75 Å². The van der Waals surface area contributed by atoms with E-state index < -0.39 is 0 Å². The van der Waals surface area contributed by atoms with Crippen LogP contribution in [0.15, 0.2) is 18.2 Å². The van der Waals surface area contributed by atoms with Crippen molar-refractivity contribution in [3.8, 4) is 5.75 Å². The number of hydrogen-bond donors (Lipinski definition) is 1. The van der Waals surface area contributed by atoms with Crippen LogP contribution in [0.25, 0.3) is 0 Å². The molecule has 1 aliphatic heterocycles. The van der Waals surface area contributed by atoms with Crippen LogP contribution in [0.5, 0.6) is 5.75 Å². The first kappa shape index (κ1) is 23.0. The Bertz CT molecular complexity index is 612. The molecule has 1 saturated heterocycles. The van der Waals surface area contributed by atoms with Gasteiger partial charge in [-0.3, -0.25) is 9.69 Å². The molecule has 1 aliphatic carbocycles. The van der Waals surface area contributed by atoms with Gasteiger partial charge >= 0.3 is 0 Å². The summed E-state index contributed by atoms with van der Waals surface area (Å²) in [5.41, 5.74) is 1.69. The first-order valence-electron chi connectivity index (χ1n) is 10.6. The molecule has 1 saturated carbocycles. The van der Waals surface area contributed by atoms with Gasteiger partial charge in [-0.15, -0.1) is 12.4 Å². The zero-order valence-corrected chi connectivity index (χ0v) is 18.2. The van der Waals surface area contributed by atoms with Gasteiger partial charge in [-0.25, -0.2) is 0 Å². The van der Waals surface area contributed by atoms with Crippen molar-refractivity contribution < 1.29 is 9.53 Å². The monoisotopic (exact) mass is 409 g/mol. The first-order chi connectivity index (χ1) is 13.2. The molecule has 1 amide bonds. The van der Waals surface area contributed by atoms with Crippen LogP contribution in [0.2, 0.25) is 0 Å². The zero-order valence-electron chi connectivity index (χ0n) is 17.4. The number of amides is 1. The Balaban J connectivity index is 0.00000280. The second-order valence-corrected chi connectivity index (χ2v) is 7.98. The Morgan fingerprint density at radius 3 is 2.54 bits per heavy atom. The maximum atomic E-state index is 12.4. The minimum absolute atomic E-state index is 0. The summed E-state index contributed by atoms with van der Waals surface area (Å²) >= 11 is 0. The molecular formula is C22H36ClN3O2. The highest BCUT2D eigenvalue weighted by atomic mass is 35.5. The van der Waals surface area contributed by atoms with E-state index in [1.165, 1.54) is 45.2 Å². The van der Waals surface area contributed by atoms with Gasteiger partial charge in [0.2, 0.25) is 0 Å². The van der Waals surface area contributed by atoms with Gasteiger partial charge in [0.15, 0.2) is 0 Å². The quantitative estimate of drug-likeness (QED) is 0.700. The molecule has 1 N–H and O–H groups in total. The van der Waals surface area contributed by atoms with Crippen LogP contribution in [-0.4, -0.2) is 68.1 Å². The molecule has 158 valence electrons. The first-order valence-corrected chi connectivity index (χ1v) is 10.6. The molecular weight excluding hydrogens is 374 g/mol. The van der Waals surface area contributed by atoms with E-state index in [2.05, 4.69) is 15.1 Å². The number of ether oxygens (including phenoxy) is 1. The van der Waals surface area contributed by atoms with Crippen molar-refractivity contribution >= 4 is 18.3 Å². The molecule has 0 atom stereocenters. The van der Waals surface area contributed by atoms with E-state index >= 15 is 0 Å². The molecule has 2 fully saturated rings. The van der Waals surface area contributed by atoms with E-state index in [9.17, 15) is 4.79 Å². The molecule has 0 unspecified atom stereocenters. The van der Waals surface area contributed by atoms with Crippen LogP contribution in [0.3, 0.4) is 0 Å². The fourth-order valence-electron chi connectivity index (χ4n) is 4.40. The molecule has 3 rings (SSSR count). The molecule has 2 aliphatic rings. The number of benzene rings is 1. The molecule has 0 radical (unpaired) electrons. The highest BCUT2D eigenvalue weighted by Crippen LogP contribution is 2.23. The molecule has 1 heterocycles. The maximum Gasteiger partial charge on any atom is 0.255 e. The van der Waals surface area contributed by atoms with Gasteiger partial charge in [-0.05, 0) is 44.9 Å². The van der Waals surface area contributed by atoms with E-state index in [0.717, 1.165) is 37.7 Å². The van der Waals surface area contributed by atoms with Crippen LogP contribution in [-0.2, 0) is 0 Å². The molecule has 1 aromatic carbocycles. The normalized spacial score (nSPS) is 19.1. The van der Waals surface area contributed by atoms with Gasteiger partial charge < -0.3 is 15.0 Å². The number of aryl methyl sites for hydroxylation is 1. The Kier molecular flexibility index (Phi) is 9.56. The van der Waals surface area contributed by atoms with E-state index in [-0.39, 0.29) is 18.3 Å². The summed E-state index contributed by atoms with van der Waals surface area (Å²) in [6.45, 7) is 8.49. The SMILES string of the molecule is COc1ccc(C)cc1C(=O)NCCCN1CCN(C2CCCCC2)CC1.Cl. The smallest absolute Gasteiger partial charge is 0.255 e. The number of nitrogens with one attached hydrogen (secondary N) is 1. The van der Waals surface area contributed by atoms with Crippen molar-refractivity contribution in [2.24, 2.45) is 0 Å². The number of halogens is 1. The van der Waals surface area contributed by atoms with Crippen molar-refractivity contribution in [3.05, 3.63) is 29.3 Å². The Morgan fingerprint density at radius 1 is 1.14 bits per heavy atom. The number of piperazine rings is 1. The van der Waals surface area contributed by atoms with Crippen LogP contribution in [0.4, 0.5) is 0 Å². The third-order valence-corrected chi connectivity index (χ3v) is 6.03. The predicted octanol–water partition coefficient (Wildman–Crippen LogP) is 3.50. The lowest BCUT2D eigenvalue weighted by molar-refractivity contribution is 0.0779. The van der Waals surface area contributed by atoms with E-state index in [1.807, 2.05) is 25.1 Å². The average Bonchev–Trinajstić information content (AvgIpc) is 2.72. The summed E-state index contributed by atoms with van der Waals surface area (Å²) in [5.74, 6) is 0.592. The largest absolute Gasteiger partial charge is 0.496 e. The highest BCUT2D eigenvalue weighted by Gasteiger charge is 2.24. The lowest BCUT2D eigenvalue weighted by Gasteiger charge is -2.40. The van der Waals surface area contributed by atoms with Gasteiger partial charge in [0, 0.05) is 38.8 Å². The van der Waals surface area contributed by atoms with E-state index in [4.69, 9.17) is 4.74 Å². The lowest BCUT2D eigenvalue weighted by Crippen LogP contribution is -2.51. The summed E-state index contributed by atoms with van der Waals surface area (Å²) in [5, 5.41) is 3.04. The standard InChI is InChI=1S/C22H35N3O2.ClH/c1-18-9-10-21(27-2)20(17-18)22(26)23-11-6-12-24-13-15-25(16-14-24)19-7-4-3-5-8-19;/h9-10,17,19H,3-8,11-16H2,1-2H3,(H,23,26);1H. The van der Waals surface area contributed by atoms with Crippen molar-refractivity contribution in [2.45, 2.75) is 51.5 Å². The lowest BCUT2D eigenvalue weighted by atomic mass is 9.94. The number of carbonyl (C=O) groups is 1. The third kappa shape index (κ3) is 6.36. The number of nitrogens with zero attached hydrogens (tertiary/aromatic N) is 2. The van der Waals surface area contributed by atoms with Crippen LogP contribution in [0, 0.1) is 6.92 Å². The van der Waals surface area contributed by atoms with Gasteiger partial charge in [0.25, 0.3) is 5.91 Å². The number of carbonyl (C=O) groups excluding carboxylic acids is 1. The second kappa shape index (κ2) is 11.6. The second-order valence-electron chi connectivity index (χ2n) is 7.98. The molecule has 6 heteroatoms. The topological polar surface area (TPSA) is 44.8 Å². The summed E-state index contributed by atoms with van der Waals surface area (Å²) < 4.78 is 5.31. The van der Waals surface area contributed by atoms with Crippen LogP contribution >= 0.6 is 12.4 Å². The van der Waals surface area contributed by atoms with Gasteiger partial charge in [-0.1, -0.05) is 30.9 Å². The predicted molar refractivity (Wildman–Crippen MR) is 117 cm³/mol. The van der Waals surface area contributed by atoms with Crippen LogP contribution in [0.1, 0.15) is 54.4 Å². The summed E-state index contributed by atoms with van der Waals surface area (Å²) in [6, 6.07) is 6.54. The molecule has 1 aromatic rings. The van der Waals surface area contributed by atoms with Crippen molar-refractivity contribution in [2.75, 3.05) is 46.4 Å². The minimum atomic E-state index is -0.0438. The highest BCUT2D eigenvalue weighted by molar-refractivity contribution is 5.97. The van der Waals surface area contributed by atoms with Gasteiger partial charge in [-0.2, -0.15) is 0 Å². The molecule has 0 bridgehead atoms. The van der Waals surface area contributed by atoms with E-state index in [1.54, 1.807) is 7.11 Å². The minimum Gasteiger partial charge on any atom is -0.496 e. The number of methoxy groups -OCH3 is 1. The Labute approximate surface area is 176 Å². The maximum absolute atomic E-state index is 12.4. The van der Waals surface area contributed by atoms with Crippen molar-refractivity contribution in [1.82, 2.24) is 15.1 Å². The van der Waals surface area contributed by atoms with Crippen molar-refractivity contribution in [1.29, 1.82) is 0 Å². The molecule has 28 heavy (non-hydrogen) atoms. The van der Waals surface area contributed by atoms with Crippen LogP contribution < -0.4 is 10.1 Å². The van der Waals surface area contributed by atoms with Gasteiger partial charge in [0.05, 0.1) is 12.7 Å². The fraction of sp³-hybridized carbons (Fsp3) is 0.682. The zero-order chi connectivity index (χ0) is 19.1. The average molecular weight is 410 g/mol. The fourth-order valence-corrected chi connectivity index (χ4v) is 4.40. The third-order valence-electron chi connectivity index (χ3n) is 6.03.